The molecule has 1 aliphatic heterocycles. The number of hydrogen-bond donors (Lipinski definition) is 4. The number of hydrogen-bond acceptors (Lipinski definition) is 5. The van der Waals surface area contributed by atoms with Gasteiger partial charge in [0.15, 0.2) is 11.6 Å². The SMILES string of the molecule is CC.Cc1ccc(Nc2c(C(=O)N3CC(O)(CNCc4ccc(O)cc4)C3)ccc(F)c2F)c(F)c1. The lowest BCUT2D eigenvalue weighted by molar-refractivity contribution is -0.0787. The van der Waals surface area contributed by atoms with Crippen LogP contribution in [0.5, 0.6) is 5.75 Å². The number of rotatable bonds is 7. The summed E-state index contributed by atoms with van der Waals surface area (Å²) in [6, 6.07) is 12.8. The fourth-order valence-electron chi connectivity index (χ4n) is 3.85. The highest BCUT2D eigenvalue weighted by Gasteiger charge is 2.44. The average molecular weight is 502 g/mol. The van der Waals surface area contributed by atoms with Crippen LogP contribution in [0, 0.1) is 24.4 Å². The molecule has 6 nitrogen and oxygen atoms in total. The molecule has 192 valence electrons. The van der Waals surface area contributed by atoms with Gasteiger partial charge in [0.05, 0.1) is 30.0 Å². The van der Waals surface area contributed by atoms with Crippen molar-refractivity contribution in [1.82, 2.24) is 10.2 Å². The lowest BCUT2D eigenvalue weighted by atomic mass is 9.92. The van der Waals surface area contributed by atoms with Gasteiger partial charge < -0.3 is 25.7 Å². The van der Waals surface area contributed by atoms with Crippen molar-refractivity contribution >= 4 is 17.3 Å². The highest BCUT2D eigenvalue weighted by molar-refractivity contribution is 6.01. The number of carbonyl (C=O) groups excluding carboxylic acids is 1. The Morgan fingerprint density at radius 3 is 2.31 bits per heavy atom. The number of aliphatic hydroxyl groups is 1. The molecule has 0 aromatic heterocycles. The zero-order valence-electron chi connectivity index (χ0n) is 20.4. The van der Waals surface area contributed by atoms with Crippen molar-refractivity contribution in [3.05, 3.63) is 88.7 Å². The van der Waals surface area contributed by atoms with E-state index in [-0.39, 0.29) is 36.6 Å². The van der Waals surface area contributed by atoms with Gasteiger partial charge in [0.25, 0.3) is 5.91 Å². The van der Waals surface area contributed by atoms with Crippen molar-refractivity contribution in [1.29, 1.82) is 0 Å². The van der Waals surface area contributed by atoms with Crippen LogP contribution in [0.3, 0.4) is 0 Å². The molecule has 1 saturated heterocycles. The van der Waals surface area contributed by atoms with E-state index in [0.717, 1.165) is 17.7 Å². The van der Waals surface area contributed by atoms with Crippen molar-refractivity contribution < 1.29 is 28.2 Å². The summed E-state index contributed by atoms with van der Waals surface area (Å²) >= 11 is 0. The Bertz CT molecular complexity index is 1210. The van der Waals surface area contributed by atoms with Crippen LogP contribution >= 0.6 is 0 Å². The van der Waals surface area contributed by atoms with E-state index in [1.165, 1.54) is 17.0 Å². The number of nitrogens with zero attached hydrogens (tertiary/aromatic N) is 1. The Morgan fingerprint density at radius 2 is 1.67 bits per heavy atom. The minimum atomic E-state index is -1.29. The Balaban J connectivity index is 0.00000176. The third-order valence-electron chi connectivity index (χ3n) is 5.69. The van der Waals surface area contributed by atoms with E-state index < -0.39 is 34.6 Å². The predicted molar refractivity (Wildman–Crippen MR) is 133 cm³/mol. The number of phenols is 1. The van der Waals surface area contributed by atoms with E-state index in [1.807, 2.05) is 13.8 Å². The van der Waals surface area contributed by atoms with Crippen LogP contribution in [-0.4, -0.2) is 46.3 Å². The first-order chi connectivity index (χ1) is 17.1. The number of benzene rings is 3. The molecular formula is C27H30F3N3O3. The molecule has 0 atom stereocenters. The zero-order chi connectivity index (χ0) is 26.5. The van der Waals surface area contributed by atoms with Crippen molar-refractivity contribution in [2.24, 2.45) is 0 Å². The number of halogens is 3. The molecule has 36 heavy (non-hydrogen) atoms. The summed E-state index contributed by atoms with van der Waals surface area (Å²) in [5.41, 5.74) is -0.344. The number of carbonyl (C=O) groups is 1. The van der Waals surface area contributed by atoms with Gasteiger partial charge in [0.2, 0.25) is 0 Å². The Hall–Kier alpha value is -3.56. The number of nitrogens with one attached hydrogen (secondary N) is 2. The lowest BCUT2D eigenvalue weighted by Crippen LogP contribution is -2.67. The van der Waals surface area contributed by atoms with Gasteiger partial charge >= 0.3 is 0 Å². The highest BCUT2D eigenvalue weighted by atomic mass is 19.2. The van der Waals surface area contributed by atoms with Gasteiger partial charge in [-0.3, -0.25) is 4.79 Å². The molecule has 0 spiro atoms. The molecular weight excluding hydrogens is 471 g/mol. The third kappa shape index (κ3) is 6.16. The van der Waals surface area contributed by atoms with Gasteiger partial charge in [-0.05, 0) is 54.4 Å². The number of phenolic OH excluding ortho intramolecular Hbond substituents is 1. The maximum Gasteiger partial charge on any atom is 0.256 e. The second-order valence-corrected chi connectivity index (χ2v) is 8.55. The first kappa shape index (κ1) is 27.0. The van der Waals surface area contributed by atoms with Gasteiger partial charge in [-0.15, -0.1) is 0 Å². The zero-order valence-corrected chi connectivity index (χ0v) is 20.4. The van der Waals surface area contributed by atoms with E-state index in [9.17, 15) is 28.2 Å². The number of β-amino-alcohol motifs (C(OH)–C–C–N with tert-alkyl or cyclic N) is 1. The Morgan fingerprint density at radius 1 is 1.00 bits per heavy atom. The lowest BCUT2D eigenvalue weighted by Gasteiger charge is -2.46. The van der Waals surface area contributed by atoms with Crippen LogP contribution in [0.4, 0.5) is 24.5 Å². The smallest absolute Gasteiger partial charge is 0.256 e. The molecule has 1 amide bonds. The molecule has 9 heteroatoms. The summed E-state index contributed by atoms with van der Waals surface area (Å²) in [6.07, 6.45) is 0. The van der Waals surface area contributed by atoms with Gasteiger partial charge in [-0.2, -0.15) is 0 Å². The van der Waals surface area contributed by atoms with Crippen LogP contribution in [-0.2, 0) is 6.54 Å². The summed E-state index contributed by atoms with van der Waals surface area (Å²) < 4.78 is 42.8. The fraction of sp³-hybridized carbons (Fsp3) is 0.296. The molecule has 1 aliphatic rings. The average Bonchev–Trinajstić information content (AvgIpc) is 2.84. The molecule has 0 saturated carbocycles. The quantitative estimate of drug-likeness (QED) is 0.372. The second-order valence-electron chi connectivity index (χ2n) is 8.55. The van der Waals surface area contributed by atoms with Crippen LogP contribution < -0.4 is 10.6 Å². The number of anilines is 2. The molecule has 3 aromatic rings. The van der Waals surface area contributed by atoms with Gasteiger partial charge in [-0.25, -0.2) is 13.2 Å². The summed E-state index contributed by atoms with van der Waals surface area (Å²) in [5.74, 6) is -3.59. The molecule has 0 radical (unpaired) electrons. The molecule has 0 unspecified atom stereocenters. The fourth-order valence-corrected chi connectivity index (χ4v) is 3.85. The molecule has 0 bridgehead atoms. The number of amides is 1. The van der Waals surface area contributed by atoms with Crippen LogP contribution in [0.1, 0.15) is 35.3 Å². The predicted octanol–water partition coefficient (Wildman–Crippen LogP) is 4.86. The van der Waals surface area contributed by atoms with Crippen molar-refractivity contribution in [3.63, 3.8) is 0 Å². The number of aromatic hydroxyl groups is 1. The van der Waals surface area contributed by atoms with E-state index in [0.29, 0.717) is 12.1 Å². The molecule has 0 aliphatic carbocycles. The van der Waals surface area contributed by atoms with E-state index in [2.05, 4.69) is 10.6 Å². The Labute approximate surface area is 208 Å². The van der Waals surface area contributed by atoms with Crippen LogP contribution in [0.25, 0.3) is 0 Å². The summed E-state index contributed by atoms with van der Waals surface area (Å²) in [5, 5.41) is 25.6. The third-order valence-corrected chi connectivity index (χ3v) is 5.69. The van der Waals surface area contributed by atoms with Gasteiger partial charge in [0, 0.05) is 13.1 Å². The van der Waals surface area contributed by atoms with Gasteiger partial charge in [-0.1, -0.05) is 32.0 Å². The van der Waals surface area contributed by atoms with Crippen molar-refractivity contribution in [2.45, 2.75) is 32.9 Å². The molecule has 4 N–H and O–H groups in total. The largest absolute Gasteiger partial charge is 0.508 e. The van der Waals surface area contributed by atoms with Crippen LogP contribution in [0.2, 0.25) is 0 Å². The monoisotopic (exact) mass is 501 g/mol. The van der Waals surface area contributed by atoms with E-state index >= 15 is 0 Å². The van der Waals surface area contributed by atoms with E-state index in [4.69, 9.17) is 0 Å². The second kappa shape index (κ2) is 11.5. The maximum absolute atomic E-state index is 14.6. The van der Waals surface area contributed by atoms with Gasteiger partial charge in [0.1, 0.15) is 17.2 Å². The minimum absolute atomic E-state index is 0.00819. The topological polar surface area (TPSA) is 84.8 Å². The van der Waals surface area contributed by atoms with Crippen molar-refractivity contribution in [2.75, 3.05) is 25.0 Å². The first-order valence-electron chi connectivity index (χ1n) is 11.7. The number of aryl methyl sites for hydroxylation is 1. The van der Waals surface area contributed by atoms with E-state index in [1.54, 1.807) is 37.3 Å². The molecule has 4 rings (SSSR count). The Kier molecular flexibility index (Phi) is 8.60. The summed E-state index contributed by atoms with van der Waals surface area (Å²) in [4.78, 5) is 14.3. The number of likely N-dealkylation sites (tertiary alicyclic amines) is 1. The first-order valence-corrected chi connectivity index (χ1v) is 11.7. The standard InChI is InChI=1S/C25H24F3N3O3.C2H6/c1-15-2-9-21(20(27)10-15)30-23-18(7-8-19(26)22(23)28)24(33)31-13-25(34,14-31)12-29-11-16-3-5-17(32)6-4-16;1-2/h2-10,29-30,32,34H,11-14H2,1H3;1-2H3. The molecule has 3 aromatic carbocycles. The maximum atomic E-state index is 14.6. The highest BCUT2D eigenvalue weighted by Crippen LogP contribution is 2.31. The van der Waals surface area contributed by atoms with Crippen molar-refractivity contribution in [3.8, 4) is 5.75 Å². The summed E-state index contributed by atoms with van der Waals surface area (Å²) in [6.45, 7) is 6.33. The molecule has 1 heterocycles. The summed E-state index contributed by atoms with van der Waals surface area (Å²) in [7, 11) is 0. The van der Waals surface area contributed by atoms with Crippen LogP contribution in [0.15, 0.2) is 54.6 Å². The minimum Gasteiger partial charge on any atom is -0.508 e. The normalized spacial score (nSPS) is 13.9. The molecule has 1 fully saturated rings.